The minimum Gasteiger partial charge on any atom is -0.492 e. The Kier molecular flexibility index (Phi) is 7.49. The van der Waals surface area contributed by atoms with Crippen LogP contribution in [0, 0.1) is 9.49 Å². The number of aromatic carboxylic acids is 1. The fourth-order valence-corrected chi connectivity index (χ4v) is 6.87. The fourth-order valence-electron chi connectivity index (χ4n) is 4.50. The molecule has 33 heavy (non-hydrogen) atoms. The predicted octanol–water partition coefficient (Wildman–Crippen LogP) is 4.71. The molecule has 0 aliphatic carbocycles. The highest BCUT2D eigenvalue weighted by Crippen LogP contribution is 2.38. The number of sulfonamides is 1. The molecule has 1 fully saturated rings. The van der Waals surface area contributed by atoms with E-state index >= 15 is 0 Å². The van der Waals surface area contributed by atoms with E-state index in [0.717, 1.165) is 34.8 Å². The second-order valence-corrected chi connectivity index (χ2v) is 11.6. The lowest BCUT2D eigenvalue weighted by Crippen LogP contribution is -2.43. The molecule has 2 aromatic rings. The maximum Gasteiger partial charge on any atom is 0.339 e. The van der Waals surface area contributed by atoms with E-state index in [1.807, 2.05) is 25.1 Å². The third-order valence-electron chi connectivity index (χ3n) is 6.38. The van der Waals surface area contributed by atoms with Gasteiger partial charge in [0, 0.05) is 22.8 Å². The van der Waals surface area contributed by atoms with E-state index in [1.165, 1.54) is 22.5 Å². The van der Waals surface area contributed by atoms with Gasteiger partial charge in [-0.15, -0.1) is 0 Å². The Balaban J connectivity index is 1.67. The molecular formula is C24H28INO6S. The van der Waals surface area contributed by atoms with Gasteiger partial charge in [0.2, 0.25) is 0 Å². The number of halogens is 1. The number of ether oxygens (including phenoxy) is 2. The molecule has 2 aromatic carbocycles. The zero-order valence-corrected chi connectivity index (χ0v) is 21.5. The average molecular weight is 585 g/mol. The summed E-state index contributed by atoms with van der Waals surface area (Å²) in [6, 6.07) is 9.73. The van der Waals surface area contributed by atoms with Gasteiger partial charge in [-0.25, -0.2) is 13.2 Å². The third kappa shape index (κ3) is 5.14. The second kappa shape index (κ2) is 10.2. The van der Waals surface area contributed by atoms with Crippen molar-refractivity contribution in [3.05, 3.63) is 51.1 Å². The van der Waals surface area contributed by atoms with Crippen LogP contribution in [-0.4, -0.2) is 45.4 Å². The standard InChI is InChI=1S/C24H28INO6S/c1-2-19-5-3-17-13-18(25)4-7-22(17)26(19)33(29,30)20-6-8-23(21(14-20)24(27)28)32-15-16-9-11-31-12-10-16/h4,6-8,13-14,16,19H,2-3,5,9-12,15H2,1H3,(H,27,28)/t19-/m0/s1. The van der Waals surface area contributed by atoms with Gasteiger partial charge >= 0.3 is 5.97 Å². The number of hydrogen-bond donors (Lipinski definition) is 1. The Bertz CT molecular complexity index is 1130. The van der Waals surface area contributed by atoms with Crippen molar-refractivity contribution >= 4 is 44.3 Å². The molecule has 1 saturated heterocycles. The molecule has 9 heteroatoms. The topological polar surface area (TPSA) is 93.1 Å². The van der Waals surface area contributed by atoms with Gasteiger partial charge in [0.1, 0.15) is 11.3 Å². The number of rotatable bonds is 7. The SMILES string of the molecule is CC[C@H]1CCc2cc(I)ccc2N1S(=O)(=O)c1ccc(OCC2CCOCC2)c(C(=O)O)c1. The molecule has 1 atom stereocenters. The molecule has 0 spiro atoms. The summed E-state index contributed by atoms with van der Waals surface area (Å²) < 4.78 is 41.2. The highest BCUT2D eigenvalue weighted by atomic mass is 127. The van der Waals surface area contributed by atoms with Crippen molar-refractivity contribution in [2.24, 2.45) is 5.92 Å². The highest BCUT2D eigenvalue weighted by molar-refractivity contribution is 14.1. The van der Waals surface area contributed by atoms with Crippen LogP contribution in [0.25, 0.3) is 0 Å². The molecule has 0 radical (unpaired) electrons. The molecule has 2 aliphatic rings. The first-order valence-electron chi connectivity index (χ1n) is 11.2. The molecule has 2 heterocycles. The molecule has 0 saturated carbocycles. The molecule has 0 unspecified atom stereocenters. The average Bonchev–Trinajstić information content (AvgIpc) is 2.82. The van der Waals surface area contributed by atoms with Crippen LogP contribution < -0.4 is 9.04 Å². The van der Waals surface area contributed by atoms with Crippen molar-refractivity contribution in [1.29, 1.82) is 0 Å². The summed E-state index contributed by atoms with van der Waals surface area (Å²) in [5.41, 5.74) is 1.52. The lowest BCUT2D eigenvalue weighted by atomic mass is 9.97. The van der Waals surface area contributed by atoms with Crippen molar-refractivity contribution in [2.75, 3.05) is 24.1 Å². The number of hydrogen-bond acceptors (Lipinski definition) is 5. The van der Waals surface area contributed by atoms with Crippen LogP contribution in [0.15, 0.2) is 41.3 Å². The predicted molar refractivity (Wildman–Crippen MR) is 134 cm³/mol. The van der Waals surface area contributed by atoms with Gasteiger partial charge in [-0.1, -0.05) is 6.92 Å². The molecule has 7 nitrogen and oxygen atoms in total. The number of fused-ring (bicyclic) bond motifs is 1. The van der Waals surface area contributed by atoms with E-state index in [4.69, 9.17) is 9.47 Å². The summed E-state index contributed by atoms with van der Waals surface area (Å²) in [6.07, 6.45) is 3.93. The molecular weight excluding hydrogens is 557 g/mol. The van der Waals surface area contributed by atoms with Gasteiger partial charge in [-0.3, -0.25) is 4.31 Å². The van der Waals surface area contributed by atoms with E-state index in [9.17, 15) is 18.3 Å². The first-order valence-corrected chi connectivity index (χ1v) is 13.7. The Hall–Kier alpha value is -1.85. The zero-order valence-electron chi connectivity index (χ0n) is 18.5. The summed E-state index contributed by atoms with van der Waals surface area (Å²) in [6.45, 7) is 3.70. The van der Waals surface area contributed by atoms with Crippen molar-refractivity contribution in [3.63, 3.8) is 0 Å². The largest absolute Gasteiger partial charge is 0.492 e. The van der Waals surface area contributed by atoms with Gasteiger partial charge in [0.15, 0.2) is 0 Å². The molecule has 4 rings (SSSR count). The number of anilines is 1. The number of aryl methyl sites for hydroxylation is 1. The Morgan fingerprint density at radius 1 is 1.18 bits per heavy atom. The monoisotopic (exact) mass is 585 g/mol. The summed E-state index contributed by atoms with van der Waals surface area (Å²) in [7, 11) is -3.96. The number of nitrogens with zero attached hydrogens (tertiary/aromatic N) is 1. The molecule has 0 aromatic heterocycles. The van der Waals surface area contributed by atoms with Crippen LogP contribution in [0.3, 0.4) is 0 Å². The van der Waals surface area contributed by atoms with Crippen LogP contribution in [0.2, 0.25) is 0 Å². The van der Waals surface area contributed by atoms with E-state index in [2.05, 4.69) is 22.6 Å². The molecule has 2 aliphatic heterocycles. The maximum absolute atomic E-state index is 13.8. The van der Waals surface area contributed by atoms with Crippen LogP contribution in [0.4, 0.5) is 5.69 Å². The number of benzene rings is 2. The van der Waals surface area contributed by atoms with Gasteiger partial charge in [-0.2, -0.15) is 0 Å². The smallest absolute Gasteiger partial charge is 0.339 e. The zero-order chi connectivity index (χ0) is 23.6. The first-order chi connectivity index (χ1) is 15.8. The van der Waals surface area contributed by atoms with Gasteiger partial charge in [0.25, 0.3) is 10.0 Å². The van der Waals surface area contributed by atoms with E-state index in [0.29, 0.717) is 37.8 Å². The lowest BCUT2D eigenvalue weighted by Gasteiger charge is -2.37. The Morgan fingerprint density at radius 2 is 1.94 bits per heavy atom. The highest BCUT2D eigenvalue weighted by Gasteiger charge is 2.36. The van der Waals surface area contributed by atoms with Gasteiger partial charge in [0.05, 0.1) is 17.2 Å². The summed E-state index contributed by atoms with van der Waals surface area (Å²) >= 11 is 2.22. The number of carboxylic acid groups (broad SMARTS) is 1. The molecule has 1 N–H and O–H groups in total. The maximum atomic E-state index is 13.8. The lowest BCUT2D eigenvalue weighted by molar-refractivity contribution is 0.0490. The number of carboxylic acids is 1. The van der Waals surface area contributed by atoms with Gasteiger partial charge in [-0.05, 0) is 103 Å². The third-order valence-corrected chi connectivity index (χ3v) is 8.92. The van der Waals surface area contributed by atoms with Crippen LogP contribution >= 0.6 is 22.6 Å². The van der Waals surface area contributed by atoms with Gasteiger partial charge < -0.3 is 14.6 Å². The second-order valence-electron chi connectivity index (χ2n) is 8.50. The minimum absolute atomic E-state index is 0.0387. The molecule has 178 valence electrons. The molecule has 0 amide bonds. The van der Waals surface area contributed by atoms with E-state index in [1.54, 1.807) is 0 Å². The van der Waals surface area contributed by atoms with Crippen molar-refractivity contribution in [3.8, 4) is 5.75 Å². The Morgan fingerprint density at radius 3 is 2.64 bits per heavy atom. The minimum atomic E-state index is -3.96. The van der Waals surface area contributed by atoms with E-state index < -0.39 is 16.0 Å². The first kappa shape index (κ1) is 24.3. The Labute approximate surface area is 208 Å². The van der Waals surface area contributed by atoms with Crippen molar-refractivity contribution < 1.29 is 27.8 Å². The number of carbonyl (C=O) groups is 1. The fraction of sp³-hybridized carbons (Fsp3) is 0.458. The van der Waals surface area contributed by atoms with Crippen LogP contribution in [0.5, 0.6) is 5.75 Å². The van der Waals surface area contributed by atoms with Crippen molar-refractivity contribution in [2.45, 2.75) is 50.0 Å². The van der Waals surface area contributed by atoms with Crippen LogP contribution in [0.1, 0.15) is 48.5 Å². The summed E-state index contributed by atoms with van der Waals surface area (Å²) in [5, 5.41) is 9.78. The normalized spacial score (nSPS) is 19.2. The van der Waals surface area contributed by atoms with Crippen molar-refractivity contribution in [1.82, 2.24) is 0 Å². The quantitative estimate of drug-likeness (QED) is 0.473. The van der Waals surface area contributed by atoms with Crippen LogP contribution in [-0.2, 0) is 21.2 Å². The molecule has 0 bridgehead atoms. The van der Waals surface area contributed by atoms with E-state index in [-0.39, 0.29) is 22.3 Å². The summed E-state index contributed by atoms with van der Waals surface area (Å²) in [4.78, 5) is 11.9. The summed E-state index contributed by atoms with van der Waals surface area (Å²) in [5.74, 6) is -0.731.